The zero-order chi connectivity index (χ0) is 14.0. The molecule has 100 valence electrons. The summed E-state index contributed by atoms with van der Waals surface area (Å²) in [4.78, 5) is 13.8. The molecule has 0 bridgehead atoms. The van der Waals surface area contributed by atoms with E-state index in [9.17, 15) is 4.79 Å². The number of anilines is 1. The predicted octanol–water partition coefficient (Wildman–Crippen LogP) is 2.57. The van der Waals surface area contributed by atoms with Crippen LogP contribution in [0.1, 0.15) is 12.5 Å². The molecule has 2 unspecified atom stereocenters. The summed E-state index contributed by atoms with van der Waals surface area (Å²) < 4.78 is 5.71. The Kier molecular flexibility index (Phi) is 4.11. The summed E-state index contributed by atoms with van der Waals surface area (Å²) in [6, 6.07) is 7.60. The molecule has 19 heavy (non-hydrogen) atoms. The summed E-state index contributed by atoms with van der Waals surface area (Å²) in [7, 11) is 1.43. The van der Waals surface area contributed by atoms with Gasteiger partial charge in [0.05, 0.1) is 30.3 Å². The quantitative estimate of drug-likeness (QED) is 0.785. The Balaban J connectivity index is 2.21. The summed E-state index contributed by atoms with van der Waals surface area (Å²) in [6.45, 7) is 3.52. The molecule has 0 radical (unpaired) electrons. The third kappa shape index (κ3) is 2.74. The van der Waals surface area contributed by atoms with Crippen LogP contribution in [0.4, 0.5) is 5.69 Å². The fourth-order valence-corrected chi connectivity index (χ4v) is 3.08. The Bertz CT molecular complexity index is 539. The number of rotatable bonds is 2. The van der Waals surface area contributed by atoms with E-state index < -0.39 is 0 Å². The highest BCUT2D eigenvalue weighted by atomic mass is 79.9. The molecule has 0 spiro atoms. The van der Waals surface area contributed by atoms with Crippen molar-refractivity contribution >= 4 is 27.6 Å². The number of nitrogens with zero attached hydrogens (tertiary/aromatic N) is 2. The molecule has 0 aromatic heterocycles. The van der Waals surface area contributed by atoms with Crippen molar-refractivity contribution in [3.8, 4) is 6.07 Å². The standard InChI is InChI=1S/C14H15BrN2O2/c1-9-7-17(8-11(9)14(18)19-2)13-4-3-10(6-16)5-12(13)15/h3-5,9,11H,7-8H2,1-2H3. The number of esters is 1. The summed E-state index contributed by atoms with van der Waals surface area (Å²) in [5.41, 5.74) is 1.63. The lowest BCUT2D eigenvalue weighted by molar-refractivity contribution is -0.145. The topological polar surface area (TPSA) is 53.3 Å². The van der Waals surface area contributed by atoms with E-state index >= 15 is 0 Å². The van der Waals surface area contributed by atoms with Crippen LogP contribution in [0.25, 0.3) is 0 Å². The molecule has 1 saturated heterocycles. The number of hydrogen-bond acceptors (Lipinski definition) is 4. The lowest BCUT2D eigenvalue weighted by Gasteiger charge is -2.20. The van der Waals surface area contributed by atoms with E-state index in [2.05, 4.69) is 33.8 Å². The van der Waals surface area contributed by atoms with Gasteiger partial charge in [0.25, 0.3) is 0 Å². The largest absolute Gasteiger partial charge is 0.469 e. The third-order valence-corrected chi connectivity index (χ3v) is 4.17. The second kappa shape index (κ2) is 5.62. The van der Waals surface area contributed by atoms with E-state index in [4.69, 9.17) is 10.00 Å². The maximum absolute atomic E-state index is 11.7. The second-order valence-electron chi connectivity index (χ2n) is 4.79. The maximum atomic E-state index is 11.7. The average molecular weight is 323 g/mol. The number of carbonyl (C=O) groups excluding carboxylic acids is 1. The van der Waals surface area contributed by atoms with E-state index in [1.807, 2.05) is 6.07 Å². The van der Waals surface area contributed by atoms with Gasteiger partial charge < -0.3 is 9.64 Å². The molecule has 1 aliphatic rings. The second-order valence-corrected chi connectivity index (χ2v) is 5.64. The van der Waals surface area contributed by atoms with Crippen LogP contribution in [-0.2, 0) is 9.53 Å². The smallest absolute Gasteiger partial charge is 0.310 e. The molecule has 1 aromatic carbocycles. The maximum Gasteiger partial charge on any atom is 0.310 e. The lowest BCUT2D eigenvalue weighted by atomic mass is 9.99. The first kappa shape index (κ1) is 13.9. The van der Waals surface area contributed by atoms with Gasteiger partial charge in [-0.1, -0.05) is 6.92 Å². The number of hydrogen-bond donors (Lipinski definition) is 0. The van der Waals surface area contributed by atoms with Crippen LogP contribution in [-0.4, -0.2) is 26.2 Å². The van der Waals surface area contributed by atoms with Crippen molar-refractivity contribution in [3.63, 3.8) is 0 Å². The van der Waals surface area contributed by atoms with Crippen molar-refractivity contribution in [2.75, 3.05) is 25.1 Å². The zero-order valence-electron chi connectivity index (χ0n) is 10.9. The Labute approximate surface area is 121 Å². The molecular formula is C14H15BrN2O2. The molecule has 2 rings (SSSR count). The molecule has 4 nitrogen and oxygen atoms in total. The monoisotopic (exact) mass is 322 g/mol. The highest BCUT2D eigenvalue weighted by molar-refractivity contribution is 9.10. The zero-order valence-corrected chi connectivity index (χ0v) is 12.5. The number of methoxy groups -OCH3 is 1. The van der Waals surface area contributed by atoms with E-state index in [0.29, 0.717) is 12.1 Å². The van der Waals surface area contributed by atoms with Crippen molar-refractivity contribution in [3.05, 3.63) is 28.2 Å². The molecule has 1 heterocycles. The van der Waals surface area contributed by atoms with Gasteiger partial charge in [-0.05, 0) is 40.0 Å². The highest BCUT2D eigenvalue weighted by Crippen LogP contribution is 2.34. The average Bonchev–Trinajstić information content (AvgIpc) is 2.79. The Hall–Kier alpha value is -1.54. The number of halogens is 1. The summed E-state index contributed by atoms with van der Waals surface area (Å²) in [6.07, 6.45) is 0. The number of nitriles is 1. The van der Waals surface area contributed by atoms with Crippen molar-refractivity contribution in [2.24, 2.45) is 11.8 Å². The van der Waals surface area contributed by atoms with E-state index in [1.165, 1.54) is 7.11 Å². The van der Waals surface area contributed by atoms with Gasteiger partial charge in [0.1, 0.15) is 0 Å². The SMILES string of the molecule is COC(=O)C1CN(c2ccc(C#N)cc2Br)CC1C. The van der Waals surface area contributed by atoms with Gasteiger partial charge in [0, 0.05) is 17.6 Å². The third-order valence-electron chi connectivity index (χ3n) is 3.53. The van der Waals surface area contributed by atoms with Crippen molar-refractivity contribution in [2.45, 2.75) is 6.92 Å². The minimum Gasteiger partial charge on any atom is -0.469 e. The molecule has 1 aromatic rings. The van der Waals surface area contributed by atoms with Crippen LogP contribution in [0.3, 0.4) is 0 Å². The Morgan fingerprint density at radius 2 is 2.26 bits per heavy atom. The van der Waals surface area contributed by atoms with Gasteiger partial charge in [-0.3, -0.25) is 4.79 Å². The first-order valence-corrected chi connectivity index (χ1v) is 6.88. The molecule has 5 heteroatoms. The van der Waals surface area contributed by atoms with E-state index in [0.717, 1.165) is 16.7 Å². The van der Waals surface area contributed by atoms with Crippen LogP contribution < -0.4 is 4.90 Å². The van der Waals surface area contributed by atoms with E-state index in [1.54, 1.807) is 12.1 Å². The first-order chi connectivity index (χ1) is 9.06. The number of benzene rings is 1. The normalized spacial score (nSPS) is 22.1. The van der Waals surface area contributed by atoms with Crippen LogP contribution >= 0.6 is 15.9 Å². The minimum atomic E-state index is -0.153. The van der Waals surface area contributed by atoms with Crippen molar-refractivity contribution in [1.29, 1.82) is 5.26 Å². The molecule has 0 amide bonds. The Morgan fingerprint density at radius 1 is 1.53 bits per heavy atom. The molecule has 0 saturated carbocycles. The van der Waals surface area contributed by atoms with Crippen LogP contribution in [0.2, 0.25) is 0 Å². The molecule has 1 fully saturated rings. The number of carbonyl (C=O) groups is 1. The Morgan fingerprint density at radius 3 is 2.84 bits per heavy atom. The molecular weight excluding hydrogens is 308 g/mol. The summed E-state index contributed by atoms with van der Waals surface area (Å²) >= 11 is 3.48. The predicted molar refractivity (Wildman–Crippen MR) is 75.7 cm³/mol. The van der Waals surface area contributed by atoms with Gasteiger partial charge in [0.15, 0.2) is 0 Å². The van der Waals surface area contributed by atoms with Crippen LogP contribution in [0.5, 0.6) is 0 Å². The first-order valence-electron chi connectivity index (χ1n) is 6.09. The van der Waals surface area contributed by atoms with Gasteiger partial charge in [-0.15, -0.1) is 0 Å². The lowest BCUT2D eigenvalue weighted by Crippen LogP contribution is -2.24. The molecule has 0 aliphatic carbocycles. The summed E-state index contributed by atoms with van der Waals surface area (Å²) in [5.74, 6) is 0.0160. The van der Waals surface area contributed by atoms with E-state index in [-0.39, 0.29) is 17.8 Å². The fraction of sp³-hybridized carbons (Fsp3) is 0.429. The minimum absolute atomic E-state index is 0.0902. The highest BCUT2D eigenvalue weighted by Gasteiger charge is 2.36. The van der Waals surface area contributed by atoms with Gasteiger partial charge in [0.2, 0.25) is 0 Å². The number of ether oxygens (including phenoxy) is 1. The van der Waals surface area contributed by atoms with Gasteiger partial charge >= 0.3 is 5.97 Å². The van der Waals surface area contributed by atoms with Crippen molar-refractivity contribution < 1.29 is 9.53 Å². The van der Waals surface area contributed by atoms with Crippen molar-refractivity contribution in [1.82, 2.24) is 0 Å². The van der Waals surface area contributed by atoms with Gasteiger partial charge in [-0.2, -0.15) is 5.26 Å². The summed E-state index contributed by atoms with van der Waals surface area (Å²) in [5, 5.41) is 8.86. The van der Waals surface area contributed by atoms with Gasteiger partial charge in [-0.25, -0.2) is 0 Å². The van der Waals surface area contributed by atoms with Crippen LogP contribution in [0.15, 0.2) is 22.7 Å². The van der Waals surface area contributed by atoms with Crippen LogP contribution in [0, 0.1) is 23.2 Å². The fourth-order valence-electron chi connectivity index (χ4n) is 2.45. The molecule has 2 atom stereocenters. The molecule has 0 N–H and O–H groups in total. The molecule has 1 aliphatic heterocycles.